The fourth-order valence-electron chi connectivity index (χ4n) is 2.25. The van der Waals surface area contributed by atoms with Gasteiger partial charge in [0.2, 0.25) is 5.91 Å². The van der Waals surface area contributed by atoms with Gasteiger partial charge in [-0.2, -0.15) is 0 Å². The van der Waals surface area contributed by atoms with Gasteiger partial charge in [0, 0.05) is 17.9 Å². The molecule has 0 aliphatic carbocycles. The van der Waals surface area contributed by atoms with Gasteiger partial charge in [-0.25, -0.2) is 4.79 Å². The molecule has 1 saturated heterocycles. The molecule has 128 valence electrons. The number of ether oxygens (including phenoxy) is 1. The summed E-state index contributed by atoms with van der Waals surface area (Å²) in [6.07, 6.45) is -0.507. The Morgan fingerprint density at radius 1 is 1.36 bits per heavy atom. The van der Waals surface area contributed by atoms with Crippen LogP contribution in [0.15, 0.2) is 0 Å². The van der Waals surface area contributed by atoms with Gasteiger partial charge in [0.1, 0.15) is 11.6 Å². The summed E-state index contributed by atoms with van der Waals surface area (Å²) in [5.41, 5.74) is -0.612. The number of hydrogen-bond donors (Lipinski definition) is 2. The zero-order valence-corrected chi connectivity index (χ0v) is 15.5. The topological polar surface area (TPSA) is 78.9 Å². The molecule has 0 aromatic heterocycles. The van der Waals surface area contributed by atoms with Crippen LogP contribution in [0.5, 0.6) is 0 Å². The van der Waals surface area contributed by atoms with E-state index < -0.39 is 23.8 Å². The predicted octanol–water partition coefficient (Wildman–Crippen LogP) is 1.89. The Morgan fingerprint density at radius 2 is 1.95 bits per heavy atom. The van der Waals surface area contributed by atoms with Crippen LogP contribution in [0.4, 0.5) is 4.79 Å². The van der Waals surface area contributed by atoms with Crippen molar-refractivity contribution in [1.82, 2.24) is 10.2 Å². The Balaban J connectivity index is 2.70. The number of rotatable bonds is 3. The Kier molecular flexibility index (Phi) is 6.67. The van der Waals surface area contributed by atoms with Gasteiger partial charge in [0.05, 0.1) is 6.10 Å². The van der Waals surface area contributed by atoms with E-state index in [0.29, 0.717) is 13.0 Å². The third kappa shape index (κ3) is 5.76. The number of carbonyl (C=O) groups is 2. The van der Waals surface area contributed by atoms with Gasteiger partial charge in [-0.05, 0) is 33.1 Å². The van der Waals surface area contributed by atoms with Gasteiger partial charge in [-0.1, -0.05) is 29.8 Å². The minimum absolute atomic E-state index is 0.00728. The first-order valence-corrected chi connectivity index (χ1v) is 8.53. The summed E-state index contributed by atoms with van der Waals surface area (Å²) in [5.74, 6) is -0.252. The second-order valence-corrected chi connectivity index (χ2v) is 8.20. The van der Waals surface area contributed by atoms with Gasteiger partial charge in [-0.15, -0.1) is 0 Å². The number of carbonyl (C=O) groups excluding carboxylic acids is 2. The molecular weight excluding hydrogens is 352 g/mol. The lowest BCUT2D eigenvalue weighted by atomic mass is 10.0. The summed E-state index contributed by atoms with van der Waals surface area (Å²) in [5, 5.41) is 12.5. The van der Waals surface area contributed by atoms with E-state index in [2.05, 4.69) is 21.2 Å². The average molecular weight is 379 g/mol. The van der Waals surface area contributed by atoms with Crippen LogP contribution >= 0.6 is 15.9 Å². The van der Waals surface area contributed by atoms with E-state index in [4.69, 9.17) is 4.74 Å². The number of halogens is 1. The normalized spacial score (nSPS) is 24.1. The highest BCUT2D eigenvalue weighted by Gasteiger charge is 2.34. The number of alkyl halides is 1. The third-order valence-electron chi connectivity index (χ3n) is 3.42. The number of aliphatic hydroxyl groups is 1. The summed E-state index contributed by atoms with van der Waals surface area (Å²) in [4.78, 5) is 26.1. The SMILES string of the molecule is CC(C)[C@@H](NC(=O)OC(C)(C)C)C(=O)N1CC[C@H](Br)[C@@H](O)C1. The monoisotopic (exact) mass is 378 g/mol. The molecule has 6 nitrogen and oxygen atoms in total. The maximum atomic E-state index is 12.6. The van der Waals surface area contributed by atoms with Crippen molar-refractivity contribution in [3.05, 3.63) is 0 Å². The van der Waals surface area contributed by atoms with E-state index in [1.807, 2.05) is 13.8 Å². The number of aliphatic hydroxyl groups excluding tert-OH is 1. The highest BCUT2D eigenvalue weighted by molar-refractivity contribution is 9.09. The van der Waals surface area contributed by atoms with Crippen molar-refractivity contribution in [2.45, 2.75) is 63.6 Å². The molecule has 0 aromatic carbocycles. The maximum absolute atomic E-state index is 12.6. The number of amides is 2. The Bertz CT molecular complexity index is 409. The lowest BCUT2D eigenvalue weighted by Gasteiger charge is -2.36. The van der Waals surface area contributed by atoms with Gasteiger partial charge >= 0.3 is 6.09 Å². The molecule has 1 aliphatic heterocycles. The van der Waals surface area contributed by atoms with Crippen molar-refractivity contribution in [2.24, 2.45) is 5.92 Å². The van der Waals surface area contributed by atoms with Crippen LogP contribution in [0.25, 0.3) is 0 Å². The molecule has 7 heteroatoms. The molecule has 22 heavy (non-hydrogen) atoms. The fraction of sp³-hybridized carbons (Fsp3) is 0.867. The molecule has 3 atom stereocenters. The third-order valence-corrected chi connectivity index (χ3v) is 4.48. The zero-order valence-electron chi connectivity index (χ0n) is 13.9. The number of alkyl carbamates (subject to hydrolysis) is 1. The number of hydrogen-bond acceptors (Lipinski definition) is 4. The van der Waals surface area contributed by atoms with Crippen LogP contribution in [0.1, 0.15) is 41.0 Å². The Hall–Kier alpha value is -0.820. The van der Waals surface area contributed by atoms with Crippen molar-refractivity contribution in [1.29, 1.82) is 0 Å². The van der Waals surface area contributed by atoms with Crippen molar-refractivity contribution in [2.75, 3.05) is 13.1 Å². The van der Waals surface area contributed by atoms with Crippen molar-refractivity contribution in [3.8, 4) is 0 Å². The van der Waals surface area contributed by atoms with E-state index in [1.165, 1.54) is 0 Å². The maximum Gasteiger partial charge on any atom is 0.408 e. The Labute approximate surface area is 140 Å². The van der Waals surface area contributed by atoms with Crippen LogP contribution in [0.2, 0.25) is 0 Å². The summed E-state index contributed by atoms with van der Waals surface area (Å²) in [6, 6.07) is -0.658. The highest BCUT2D eigenvalue weighted by atomic mass is 79.9. The van der Waals surface area contributed by atoms with Crippen LogP contribution in [0, 0.1) is 5.92 Å². The lowest BCUT2D eigenvalue weighted by Crippen LogP contribution is -2.56. The predicted molar refractivity (Wildman–Crippen MR) is 87.9 cm³/mol. The zero-order chi connectivity index (χ0) is 17.1. The molecule has 0 bridgehead atoms. The van der Waals surface area contributed by atoms with Crippen molar-refractivity contribution in [3.63, 3.8) is 0 Å². The second kappa shape index (κ2) is 7.64. The van der Waals surface area contributed by atoms with Crippen LogP contribution < -0.4 is 5.32 Å². The molecule has 0 radical (unpaired) electrons. The van der Waals surface area contributed by atoms with E-state index in [-0.39, 0.29) is 23.2 Å². The molecule has 1 rings (SSSR count). The second-order valence-electron chi connectivity index (χ2n) is 7.02. The largest absolute Gasteiger partial charge is 0.444 e. The minimum atomic E-state index is -0.658. The van der Waals surface area contributed by atoms with E-state index in [1.54, 1.807) is 25.7 Å². The summed E-state index contributed by atoms with van der Waals surface area (Å²) >= 11 is 3.39. The van der Waals surface area contributed by atoms with Crippen LogP contribution in [0.3, 0.4) is 0 Å². The van der Waals surface area contributed by atoms with E-state index in [0.717, 1.165) is 0 Å². The average Bonchev–Trinajstić information content (AvgIpc) is 2.36. The van der Waals surface area contributed by atoms with Gasteiger partial charge in [0.15, 0.2) is 0 Å². The molecule has 2 amide bonds. The molecule has 2 N–H and O–H groups in total. The number of likely N-dealkylation sites (tertiary alicyclic amines) is 1. The quantitative estimate of drug-likeness (QED) is 0.735. The number of nitrogens with zero attached hydrogens (tertiary/aromatic N) is 1. The molecule has 1 fully saturated rings. The number of piperidine rings is 1. The standard InChI is InChI=1S/C15H27BrN2O4/c1-9(2)12(17-14(21)22-15(3,4)5)13(20)18-7-6-10(16)11(19)8-18/h9-12,19H,6-8H2,1-5H3,(H,17,21)/t10-,11-,12+/m0/s1. The number of β-amino-alcohol motifs (C(OH)–C–C–N with tert-alkyl or cyclic N) is 1. The minimum Gasteiger partial charge on any atom is -0.444 e. The lowest BCUT2D eigenvalue weighted by molar-refractivity contribution is -0.137. The molecule has 0 aromatic rings. The molecule has 0 saturated carbocycles. The molecule has 1 heterocycles. The smallest absolute Gasteiger partial charge is 0.408 e. The van der Waals surface area contributed by atoms with Crippen LogP contribution in [-0.2, 0) is 9.53 Å². The number of nitrogens with one attached hydrogen (secondary N) is 1. The van der Waals surface area contributed by atoms with E-state index in [9.17, 15) is 14.7 Å². The first-order chi connectivity index (χ1) is 10.0. The first-order valence-electron chi connectivity index (χ1n) is 7.61. The fourth-order valence-corrected chi connectivity index (χ4v) is 2.62. The van der Waals surface area contributed by atoms with Gasteiger partial charge in [0.25, 0.3) is 0 Å². The molecule has 0 unspecified atom stereocenters. The van der Waals surface area contributed by atoms with Crippen molar-refractivity contribution < 1.29 is 19.4 Å². The molecule has 1 aliphatic rings. The summed E-state index contributed by atoms with van der Waals surface area (Å²) < 4.78 is 5.22. The van der Waals surface area contributed by atoms with Crippen LogP contribution in [-0.4, -0.2) is 57.7 Å². The van der Waals surface area contributed by atoms with Gasteiger partial charge < -0.3 is 20.1 Å². The van der Waals surface area contributed by atoms with E-state index >= 15 is 0 Å². The molecule has 0 spiro atoms. The van der Waals surface area contributed by atoms with Crippen molar-refractivity contribution >= 4 is 27.9 Å². The summed E-state index contributed by atoms with van der Waals surface area (Å²) in [7, 11) is 0. The highest BCUT2D eigenvalue weighted by Crippen LogP contribution is 2.20. The Morgan fingerprint density at radius 3 is 2.41 bits per heavy atom. The molecular formula is C15H27BrN2O4. The first kappa shape index (κ1) is 19.2. The van der Waals surface area contributed by atoms with Gasteiger partial charge in [-0.3, -0.25) is 4.79 Å². The summed E-state index contributed by atoms with van der Waals surface area (Å²) in [6.45, 7) is 9.89.